The molecule has 1 aromatic carbocycles. The van der Waals surface area contributed by atoms with E-state index < -0.39 is 0 Å². The minimum Gasteiger partial charge on any atom is -0.497 e. The van der Waals surface area contributed by atoms with Gasteiger partial charge in [-0.05, 0) is 55.8 Å². The van der Waals surface area contributed by atoms with Crippen molar-refractivity contribution in [3.63, 3.8) is 0 Å². The Morgan fingerprint density at radius 2 is 1.71 bits per heavy atom. The lowest BCUT2D eigenvalue weighted by Crippen LogP contribution is -2.27. The first-order chi connectivity index (χ1) is 8.00. The molecule has 0 aliphatic heterocycles. The molecule has 0 amide bonds. The van der Waals surface area contributed by atoms with E-state index >= 15 is 0 Å². The molecule has 2 nitrogen and oxygen atoms in total. The highest BCUT2D eigenvalue weighted by atomic mass is 32.1. The van der Waals surface area contributed by atoms with E-state index in [-0.39, 0.29) is 5.54 Å². The Morgan fingerprint density at radius 1 is 1.06 bits per heavy atom. The van der Waals surface area contributed by atoms with Crippen LogP contribution < -0.4 is 10.5 Å². The van der Waals surface area contributed by atoms with Gasteiger partial charge in [0.15, 0.2) is 0 Å². The van der Waals surface area contributed by atoms with Crippen molar-refractivity contribution in [3.05, 3.63) is 41.3 Å². The summed E-state index contributed by atoms with van der Waals surface area (Å²) >= 11 is 1.74. The highest BCUT2D eigenvalue weighted by Crippen LogP contribution is 2.33. The van der Waals surface area contributed by atoms with Crippen LogP contribution in [0.4, 0.5) is 0 Å². The summed E-state index contributed by atoms with van der Waals surface area (Å²) in [6.07, 6.45) is 0. The SMILES string of the molecule is COc1ccc(-c2ccc(C(C)(C)N)s2)cc1. The van der Waals surface area contributed by atoms with Gasteiger partial charge >= 0.3 is 0 Å². The zero-order valence-corrected chi connectivity index (χ0v) is 11.2. The molecule has 3 heteroatoms. The van der Waals surface area contributed by atoms with E-state index in [1.165, 1.54) is 15.3 Å². The summed E-state index contributed by atoms with van der Waals surface area (Å²) in [4.78, 5) is 2.43. The molecule has 0 bridgehead atoms. The van der Waals surface area contributed by atoms with Crippen molar-refractivity contribution < 1.29 is 4.74 Å². The van der Waals surface area contributed by atoms with Crippen molar-refractivity contribution in [2.45, 2.75) is 19.4 Å². The average molecular weight is 247 g/mol. The molecule has 0 radical (unpaired) electrons. The lowest BCUT2D eigenvalue weighted by molar-refractivity contribution is 0.415. The molecule has 0 atom stereocenters. The Kier molecular flexibility index (Phi) is 3.22. The van der Waals surface area contributed by atoms with Crippen LogP contribution in [0.15, 0.2) is 36.4 Å². The number of methoxy groups -OCH3 is 1. The fourth-order valence-corrected chi connectivity index (χ4v) is 2.62. The first-order valence-corrected chi connectivity index (χ1v) is 6.36. The van der Waals surface area contributed by atoms with Crippen LogP contribution in [0.2, 0.25) is 0 Å². The van der Waals surface area contributed by atoms with Crippen molar-refractivity contribution in [3.8, 4) is 16.2 Å². The number of benzene rings is 1. The summed E-state index contributed by atoms with van der Waals surface area (Å²) in [5, 5.41) is 0. The Balaban J connectivity index is 2.30. The third-order valence-electron chi connectivity index (χ3n) is 2.62. The second-order valence-corrected chi connectivity index (χ2v) is 5.70. The number of thiophene rings is 1. The summed E-state index contributed by atoms with van der Waals surface area (Å²) in [7, 11) is 1.68. The lowest BCUT2D eigenvalue weighted by atomic mass is 10.1. The average Bonchev–Trinajstić information content (AvgIpc) is 2.78. The van der Waals surface area contributed by atoms with E-state index in [0.717, 1.165) is 5.75 Å². The Bertz CT molecular complexity index is 494. The van der Waals surface area contributed by atoms with Gasteiger partial charge in [0.25, 0.3) is 0 Å². The van der Waals surface area contributed by atoms with Crippen molar-refractivity contribution in [1.82, 2.24) is 0 Å². The molecule has 0 saturated carbocycles. The van der Waals surface area contributed by atoms with Gasteiger partial charge in [0.05, 0.1) is 7.11 Å². The molecular formula is C14H17NOS. The van der Waals surface area contributed by atoms with Crippen molar-refractivity contribution in [1.29, 1.82) is 0 Å². The summed E-state index contributed by atoms with van der Waals surface area (Å²) in [6.45, 7) is 4.05. The molecule has 0 aliphatic rings. The molecule has 90 valence electrons. The smallest absolute Gasteiger partial charge is 0.118 e. The first-order valence-electron chi connectivity index (χ1n) is 5.54. The van der Waals surface area contributed by atoms with Crippen LogP contribution in [0.3, 0.4) is 0 Å². The van der Waals surface area contributed by atoms with Gasteiger partial charge in [-0.25, -0.2) is 0 Å². The fourth-order valence-electron chi connectivity index (χ4n) is 1.59. The second-order valence-electron chi connectivity index (χ2n) is 4.61. The van der Waals surface area contributed by atoms with Crippen LogP contribution in [0.25, 0.3) is 10.4 Å². The van der Waals surface area contributed by atoms with Crippen LogP contribution >= 0.6 is 11.3 Å². The normalized spacial score (nSPS) is 11.5. The zero-order valence-electron chi connectivity index (χ0n) is 10.4. The third-order valence-corrected chi connectivity index (χ3v) is 4.09. The Hall–Kier alpha value is -1.32. The van der Waals surface area contributed by atoms with Crippen molar-refractivity contribution >= 4 is 11.3 Å². The predicted octanol–water partition coefficient (Wildman–Crippen LogP) is 3.62. The molecule has 17 heavy (non-hydrogen) atoms. The molecule has 0 aliphatic carbocycles. The Morgan fingerprint density at radius 3 is 2.18 bits per heavy atom. The third kappa shape index (κ3) is 2.68. The second kappa shape index (κ2) is 4.51. The summed E-state index contributed by atoms with van der Waals surface area (Å²) < 4.78 is 5.15. The highest BCUT2D eigenvalue weighted by molar-refractivity contribution is 7.15. The van der Waals surface area contributed by atoms with Gasteiger partial charge in [0, 0.05) is 15.3 Å². The Labute approximate surface area is 106 Å². The predicted molar refractivity (Wildman–Crippen MR) is 73.5 cm³/mol. The molecule has 2 rings (SSSR count). The maximum Gasteiger partial charge on any atom is 0.118 e. The minimum atomic E-state index is -0.268. The minimum absolute atomic E-state index is 0.268. The largest absolute Gasteiger partial charge is 0.497 e. The zero-order chi connectivity index (χ0) is 12.5. The summed E-state index contributed by atoms with van der Waals surface area (Å²) in [5.41, 5.74) is 7.02. The van der Waals surface area contributed by atoms with Crippen LogP contribution in [0, 0.1) is 0 Å². The fraction of sp³-hybridized carbons (Fsp3) is 0.286. The van der Waals surface area contributed by atoms with Crippen LogP contribution in [-0.4, -0.2) is 7.11 Å². The standard InChI is InChI=1S/C14H17NOS/c1-14(2,15)13-9-8-12(17-13)10-4-6-11(16-3)7-5-10/h4-9H,15H2,1-3H3. The van der Waals surface area contributed by atoms with Gasteiger partial charge in [0.1, 0.15) is 5.75 Å². The van der Waals surface area contributed by atoms with E-state index in [4.69, 9.17) is 10.5 Å². The van der Waals surface area contributed by atoms with Gasteiger partial charge in [-0.2, -0.15) is 0 Å². The van der Waals surface area contributed by atoms with E-state index in [0.29, 0.717) is 0 Å². The van der Waals surface area contributed by atoms with Crippen molar-refractivity contribution in [2.24, 2.45) is 5.73 Å². The number of rotatable bonds is 3. The summed E-state index contributed by atoms with van der Waals surface area (Å²) in [5.74, 6) is 0.879. The molecule has 0 saturated heterocycles. The molecule has 0 fully saturated rings. The molecule has 2 aromatic rings. The van der Waals surface area contributed by atoms with Gasteiger partial charge in [-0.3, -0.25) is 0 Å². The van der Waals surface area contributed by atoms with Crippen LogP contribution in [0.5, 0.6) is 5.75 Å². The highest BCUT2D eigenvalue weighted by Gasteiger charge is 2.16. The van der Waals surface area contributed by atoms with E-state index in [1.54, 1.807) is 18.4 Å². The molecular weight excluding hydrogens is 230 g/mol. The van der Waals surface area contributed by atoms with Gasteiger partial charge in [0.2, 0.25) is 0 Å². The number of nitrogens with two attached hydrogens (primary N) is 1. The van der Waals surface area contributed by atoms with E-state index in [2.05, 4.69) is 24.3 Å². The van der Waals surface area contributed by atoms with E-state index in [1.807, 2.05) is 26.0 Å². The molecule has 1 aromatic heterocycles. The monoisotopic (exact) mass is 247 g/mol. The maximum absolute atomic E-state index is 6.08. The first kappa shape index (κ1) is 12.1. The number of hydrogen-bond acceptors (Lipinski definition) is 3. The van der Waals surface area contributed by atoms with E-state index in [9.17, 15) is 0 Å². The molecule has 0 spiro atoms. The lowest BCUT2D eigenvalue weighted by Gasteiger charge is -2.15. The topological polar surface area (TPSA) is 35.2 Å². The molecule has 2 N–H and O–H groups in total. The number of hydrogen-bond donors (Lipinski definition) is 1. The summed E-state index contributed by atoms with van der Waals surface area (Å²) in [6, 6.07) is 12.3. The van der Waals surface area contributed by atoms with Gasteiger partial charge < -0.3 is 10.5 Å². The molecule has 0 unspecified atom stereocenters. The van der Waals surface area contributed by atoms with Gasteiger partial charge in [-0.15, -0.1) is 11.3 Å². The number of ether oxygens (including phenoxy) is 1. The van der Waals surface area contributed by atoms with Crippen LogP contribution in [0.1, 0.15) is 18.7 Å². The van der Waals surface area contributed by atoms with Crippen LogP contribution in [-0.2, 0) is 5.54 Å². The quantitative estimate of drug-likeness (QED) is 0.899. The molecule has 1 heterocycles. The van der Waals surface area contributed by atoms with Crippen molar-refractivity contribution in [2.75, 3.05) is 7.11 Å². The maximum atomic E-state index is 6.08. The van der Waals surface area contributed by atoms with Gasteiger partial charge in [-0.1, -0.05) is 0 Å².